The molecule has 0 fully saturated rings. The van der Waals surface area contributed by atoms with Crippen molar-refractivity contribution < 1.29 is 39.5 Å². The van der Waals surface area contributed by atoms with E-state index in [-0.39, 0.29) is 5.56 Å². The van der Waals surface area contributed by atoms with Crippen molar-refractivity contribution >= 4 is 19.7 Å². The molecular weight excluding hydrogens is 398 g/mol. The summed E-state index contributed by atoms with van der Waals surface area (Å²) in [7, 11) is 0.525. The zero-order valence-electron chi connectivity index (χ0n) is 11.8. The first-order chi connectivity index (χ1) is 11.3. The molecule has 2 aromatic carbocycles. The van der Waals surface area contributed by atoms with Crippen molar-refractivity contribution in [3.8, 4) is 16.9 Å². The molecule has 25 heavy (non-hydrogen) atoms. The van der Waals surface area contributed by atoms with Gasteiger partial charge in [0.2, 0.25) is 0 Å². The van der Waals surface area contributed by atoms with Gasteiger partial charge in [0.25, 0.3) is 9.05 Å². The maximum atomic E-state index is 13.0. The van der Waals surface area contributed by atoms with E-state index < -0.39 is 43.4 Å². The highest BCUT2D eigenvalue weighted by atomic mass is 35.7. The Hall–Kier alpha value is -1.94. The van der Waals surface area contributed by atoms with E-state index >= 15 is 0 Å². The summed E-state index contributed by atoms with van der Waals surface area (Å²) in [4.78, 5) is -0.902. The molecule has 11 heteroatoms. The molecule has 0 aliphatic rings. The van der Waals surface area contributed by atoms with E-state index in [0.717, 1.165) is 18.2 Å². The Morgan fingerprint density at radius 2 is 1.52 bits per heavy atom. The minimum absolute atomic E-state index is 0.291. The maximum absolute atomic E-state index is 13.0. The Labute approximate surface area is 142 Å². The fourth-order valence-electron chi connectivity index (χ4n) is 1.98. The van der Waals surface area contributed by atoms with Crippen molar-refractivity contribution in [2.24, 2.45) is 0 Å². The van der Waals surface area contributed by atoms with Crippen LogP contribution in [0.3, 0.4) is 0 Å². The average molecular weight is 405 g/mol. The molecule has 0 saturated heterocycles. The van der Waals surface area contributed by atoms with Crippen molar-refractivity contribution in [1.29, 1.82) is 0 Å². The molecule has 2 aromatic rings. The van der Waals surface area contributed by atoms with Gasteiger partial charge >= 0.3 is 12.5 Å². The fraction of sp³-hybridized carbons (Fsp3) is 0.143. The van der Waals surface area contributed by atoms with Crippen LogP contribution in [0, 0.1) is 0 Å². The molecule has 0 aliphatic heterocycles. The molecule has 0 bridgehead atoms. The van der Waals surface area contributed by atoms with E-state index in [1.165, 1.54) is 12.1 Å². The average Bonchev–Trinajstić information content (AvgIpc) is 2.44. The Bertz CT molecular complexity index is 890. The van der Waals surface area contributed by atoms with Crippen LogP contribution >= 0.6 is 10.7 Å². The number of alkyl halides is 6. The first-order valence-corrected chi connectivity index (χ1v) is 8.60. The first kappa shape index (κ1) is 19.4. The van der Waals surface area contributed by atoms with Gasteiger partial charge in [0.05, 0.1) is 10.5 Å². The molecule has 0 aliphatic carbocycles. The number of hydrogen-bond acceptors (Lipinski definition) is 3. The van der Waals surface area contributed by atoms with E-state index in [2.05, 4.69) is 4.74 Å². The third kappa shape index (κ3) is 5.02. The predicted molar refractivity (Wildman–Crippen MR) is 76.6 cm³/mol. The monoisotopic (exact) mass is 404 g/mol. The van der Waals surface area contributed by atoms with E-state index in [4.69, 9.17) is 10.7 Å². The van der Waals surface area contributed by atoms with Gasteiger partial charge in [-0.3, -0.25) is 0 Å². The van der Waals surface area contributed by atoms with Gasteiger partial charge in [0.1, 0.15) is 5.75 Å². The van der Waals surface area contributed by atoms with Crippen LogP contribution < -0.4 is 4.74 Å². The third-order valence-corrected chi connectivity index (χ3v) is 4.27. The number of rotatable bonds is 3. The van der Waals surface area contributed by atoms with Crippen LogP contribution in [-0.4, -0.2) is 14.8 Å². The van der Waals surface area contributed by atoms with E-state index in [0.29, 0.717) is 12.1 Å². The Balaban J connectivity index is 2.72. The van der Waals surface area contributed by atoms with Crippen molar-refractivity contribution in [2.75, 3.05) is 0 Å². The lowest BCUT2D eigenvalue weighted by atomic mass is 10.0. The van der Waals surface area contributed by atoms with Gasteiger partial charge in [-0.15, -0.1) is 13.2 Å². The van der Waals surface area contributed by atoms with E-state index in [1.807, 2.05) is 0 Å². The van der Waals surface area contributed by atoms with Crippen LogP contribution in [0.1, 0.15) is 5.56 Å². The van der Waals surface area contributed by atoms with Crippen LogP contribution in [0.5, 0.6) is 5.75 Å². The summed E-state index contributed by atoms with van der Waals surface area (Å²) >= 11 is 0. The Morgan fingerprint density at radius 1 is 0.920 bits per heavy atom. The molecule has 0 spiro atoms. The molecular formula is C14H7ClF6O3S. The van der Waals surface area contributed by atoms with Crippen molar-refractivity contribution in [2.45, 2.75) is 17.4 Å². The molecule has 0 saturated carbocycles. The van der Waals surface area contributed by atoms with Gasteiger partial charge in [-0.25, -0.2) is 8.42 Å². The van der Waals surface area contributed by atoms with Crippen molar-refractivity contribution in [1.82, 2.24) is 0 Å². The van der Waals surface area contributed by atoms with Gasteiger partial charge in [0, 0.05) is 16.2 Å². The summed E-state index contributed by atoms with van der Waals surface area (Å²) in [6.07, 6.45) is -10.0. The molecule has 0 atom stereocenters. The normalized spacial score (nSPS) is 12.9. The summed E-state index contributed by atoms with van der Waals surface area (Å²) in [5.74, 6) is -0.785. The molecule has 2 rings (SSSR count). The minimum Gasteiger partial charge on any atom is -0.405 e. The number of hydrogen-bond donors (Lipinski definition) is 0. The van der Waals surface area contributed by atoms with Crippen molar-refractivity contribution in [3.05, 3.63) is 48.0 Å². The maximum Gasteiger partial charge on any atom is 0.573 e. The lowest BCUT2D eigenvalue weighted by Gasteiger charge is -2.15. The first-order valence-electron chi connectivity index (χ1n) is 6.29. The highest BCUT2D eigenvalue weighted by Gasteiger charge is 2.34. The summed E-state index contributed by atoms with van der Waals surface area (Å²) in [6, 6.07) is 5.91. The second-order valence-electron chi connectivity index (χ2n) is 4.73. The topological polar surface area (TPSA) is 43.4 Å². The van der Waals surface area contributed by atoms with Gasteiger partial charge in [-0.05, 0) is 29.8 Å². The molecule has 0 N–H and O–H groups in total. The highest BCUT2D eigenvalue weighted by molar-refractivity contribution is 8.13. The molecule has 0 unspecified atom stereocenters. The minimum atomic E-state index is -5.08. The Kier molecular flexibility index (Phi) is 4.97. The van der Waals surface area contributed by atoms with Crippen LogP contribution in [0.2, 0.25) is 0 Å². The summed E-state index contributed by atoms with van der Waals surface area (Å²) in [5.41, 5.74) is -2.22. The van der Waals surface area contributed by atoms with E-state index in [1.54, 1.807) is 0 Å². The Morgan fingerprint density at radius 3 is 2.04 bits per heavy atom. The van der Waals surface area contributed by atoms with Crippen LogP contribution in [-0.2, 0) is 15.2 Å². The quantitative estimate of drug-likeness (QED) is 0.522. The van der Waals surface area contributed by atoms with Crippen LogP contribution in [0.15, 0.2) is 47.4 Å². The second kappa shape index (κ2) is 6.41. The van der Waals surface area contributed by atoms with Crippen LogP contribution in [0.4, 0.5) is 26.3 Å². The number of benzene rings is 2. The lowest BCUT2D eigenvalue weighted by Crippen LogP contribution is -2.17. The van der Waals surface area contributed by atoms with Gasteiger partial charge in [-0.1, -0.05) is 18.2 Å². The van der Waals surface area contributed by atoms with Crippen molar-refractivity contribution in [3.63, 3.8) is 0 Å². The van der Waals surface area contributed by atoms with Gasteiger partial charge < -0.3 is 4.74 Å². The summed E-state index contributed by atoms with van der Waals surface area (Å²) in [5, 5.41) is 0. The highest BCUT2D eigenvalue weighted by Crippen LogP contribution is 2.39. The second-order valence-corrected chi connectivity index (χ2v) is 7.29. The molecule has 0 heterocycles. The van der Waals surface area contributed by atoms with Gasteiger partial charge in [0.15, 0.2) is 0 Å². The molecule has 3 nitrogen and oxygen atoms in total. The largest absolute Gasteiger partial charge is 0.573 e. The molecule has 0 amide bonds. The number of halogens is 7. The van der Waals surface area contributed by atoms with E-state index in [9.17, 15) is 34.8 Å². The standard InChI is InChI=1S/C14H7ClF6O3S/c15-25(22,23)10-6-8(5-9(7-10)13(16,17)18)11-3-1-2-4-12(11)24-14(19,20)21/h1-7H. The van der Waals surface area contributed by atoms with Crippen LogP contribution in [0.25, 0.3) is 11.1 Å². The zero-order valence-corrected chi connectivity index (χ0v) is 13.4. The summed E-state index contributed by atoms with van der Waals surface area (Å²) < 4.78 is 103. The summed E-state index contributed by atoms with van der Waals surface area (Å²) in [6.45, 7) is 0. The lowest BCUT2D eigenvalue weighted by molar-refractivity contribution is -0.274. The smallest absolute Gasteiger partial charge is 0.405 e. The molecule has 0 radical (unpaired) electrons. The number of ether oxygens (including phenoxy) is 1. The SMILES string of the molecule is O=S(=O)(Cl)c1cc(-c2ccccc2OC(F)(F)F)cc(C(F)(F)F)c1. The predicted octanol–water partition coefficient (Wildman–Crippen LogP) is 5.20. The third-order valence-electron chi connectivity index (χ3n) is 2.94. The molecule has 136 valence electrons. The fourth-order valence-corrected chi connectivity index (χ4v) is 2.78. The number of para-hydroxylation sites is 1. The zero-order chi connectivity index (χ0) is 19.0. The van der Waals surface area contributed by atoms with Gasteiger partial charge in [-0.2, -0.15) is 13.2 Å². The molecule has 0 aromatic heterocycles.